The third-order valence-corrected chi connectivity index (χ3v) is 10.1. The van der Waals surface area contributed by atoms with Crippen molar-refractivity contribution in [3.8, 4) is 0 Å². The minimum Gasteiger partial charge on any atom is -0.726 e. The topological polar surface area (TPSA) is 236 Å². The first-order chi connectivity index (χ1) is 23.6. The van der Waals surface area contributed by atoms with E-state index < -0.39 is 62.7 Å². The maximum Gasteiger partial charge on any atom is 0.238 e. The molecule has 4 aromatic rings. The van der Waals surface area contributed by atoms with Gasteiger partial charge >= 0.3 is 0 Å². The highest BCUT2D eigenvalue weighted by atomic mass is 32.3. The van der Waals surface area contributed by atoms with Gasteiger partial charge in [-0.05, 0) is 58.7 Å². The molecule has 4 aromatic carbocycles. The van der Waals surface area contributed by atoms with Crippen LogP contribution in [-0.4, -0.2) is 67.2 Å². The number of ketones is 2. The molecule has 0 atom stereocenters. The molecule has 0 saturated heterocycles. The molecule has 0 amide bonds. The average molecular weight is 721 g/mol. The zero-order valence-electron chi connectivity index (χ0n) is 26.4. The summed E-state index contributed by atoms with van der Waals surface area (Å²) in [5.74, 6) is -2.36. The molecule has 2 heterocycles. The van der Waals surface area contributed by atoms with Crippen LogP contribution in [0.3, 0.4) is 0 Å². The Kier molecular flexibility index (Phi) is 7.78. The van der Waals surface area contributed by atoms with Crippen LogP contribution in [0.15, 0.2) is 71.4 Å². The molecule has 0 saturated carbocycles. The Bertz CT molecular complexity index is 2510. The summed E-state index contributed by atoms with van der Waals surface area (Å²) in [6, 6.07) is 16.5. The van der Waals surface area contributed by atoms with Crippen molar-refractivity contribution in [2.24, 2.45) is 4.99 Å². The van der Waals surface area contributed by atoms with Crippen molar-refractivity contribution in [3.63, 3.8) is 0 Å². The first-order valence-corrected chi connectivity index (χ1v) is 18.0. The number of allylic oxidation sites excluding steroid dienone is 2. The minimum absolute atomic E-state index is 0.167. The van der Waals surface area contributed by atoms with E-state index in [4.69, 9.17) is 4.99 Å². The number of aliphatic hydroxyl groups excluding tert-OH is 1. The Labute approximate surface area is 285 Å². The van der Waals surface area contributed by atoms with Crippen LogP contribution in [0, 0.1) is 0 Å². The van der Waals surface area contributed by atoms with E-state index in [1.807, 2.05) is 26.0 Å². The lowest BCUT2D eigenvalue weighted by Gasteiger charge is -2.41. The van der Waals surface area contributed by atoms with Gasteiger partial charge in [0.1, 0.15) is 24.6 Å². The van der Waals surface area contributed by atoms with Crippen LogP contribution < -0.4 is 26.5 Å². The molecule has 0 aromatic heterocycles. The molecule has 3 aliphatic rings. The second kappa shape index (κ2) is 11.6. The van der Waals surface area contributed by atoms with Gasteiger partial charge in [0.2, 0.25) is 32.4 Å². The van der Waals surface area contributed by atoms with Gasteiger partial charge in [-0.2, -0.15) is 0 Å². The average Bonchev–Trinajstić information content (AvgIpc) is 3.29. The number of nitrogens with zero attached hydrogens (tertiary/aromatic N) is 1. The van der Waals surface area contributed by atoms with Crippen LogP contribution >= 0.6 is 0 Å². The highest BCUT2D eigenvalue weighted by Crippen LogP contribution is 2.44. The fourth-order valence-corrected chi connectivity index (χ4v) is 7.57. The molecule has 0 radical (unpaired) electrons. The summed E-state index contributed by atoms with van der Waals surface area (Å²) in [6.45, 7) is 2.11. The predicted octanol–water partition coefficient (Wildman–Crippen LogP) is 2.31. The van der Waals surface area contributed by atoms with Gasteiger partial charge in [-0.25, -0.2) is 16.8 Å². The van der Waals surface area contributed by atoms with Crippen molar-refractivity contribution in [3.05, 3.63) is 82.6 Å². The van der Waals surface area contributed by atoms with Crippen molar-refractivity contribution >= 4 is 82.1 Å². The molecular weight excluding hydrogens is 693 g/mol. The fraction of sp³-hybridized carbons (Fsp3) is 0.242. The monoisotopic (exact) mass is 720 g/mol. The summed E-state index contributed by atoms with van der Waals surface area (Å²) < 4.78 is 76.5. The number of hydrogen-bond acceptors (Lipinski definition) is 15. The molecule has 1 aliphatic carbocycles. The lowest BCUT2D eigenvalue weighted by molar-refractivity contribution is -0.129. The number of hydrogen-bond donors (Lipinski definition) is 4. The molecular formula is C33H28N4O11S2-2. The van der Waals surface area contributed by atoms with Gasteiger partial charge in [-0.15, -0.1) is 0 Å². The Morgan fingerprint density at radius 1 is 0.720 bits per heavy atom. The van der Waals surface area contributed by atoms with E-state index in [0.717, 1.165) is 29.3 Å². The Morgan fingerprint density at radius 3 is 1.88 bits per heavy atom. The van der Waals surface area contributed by atoms with Crippen LogP contribution in [0.5, 0.6) is 0 Å². The second-order valence-corrected chi connectivity index (χ2v) is 14.3. The number of benzene rings is 4. The lowest BCUT2D eigenvalue weighted by atomic mass is 9.92. The van der Waals surface area contributed by atoms with Gasteiger partial charge < -0.3 is 30.2 Å². The van der Waals surface area contributed by atoms with Gasteiger partial charge in [0, 0.05) is 27.8 Å². The molecule has 7 rings (SSSR count). The number of aliphatic hydroxyl groups is 1. The van der Waals surface area contributed by atoms with Gasteiger partial charge in [0.05, 0.1) is 16.5 Å². The van der Waals surface area contributed by atoms with Gasteiger partial charge in [0.15, 0.2) is 5.66 Å². The number of anilines is 3. The molecule has 15 nitrogen and oxygen atoms in total. The van der Waals surface area contributed by atoms with E-state index in [2.05, 4.69) is 24.3 Å². The fourth-order valence-electron chi connectivity index (χ4n) is 6.88. The lowest BCUT2D eigenvalue weighted by Crippen LogP contribution is -2.56. The van der Waals surface area contributed by atoms with Crippen molar-refractivity contribution in [1.82, 2.24) is 0 Å². The van der Waals surface area contributed by atoms with E-state index in [-0.39, 0.29) is 28.1 Å². The summed E-state index contributed by atoms with van der Waals surface area (Å²) in [4.78, 5) is 32.4. The van der Waals surface area contributed by atoms with Crippen molar-refractivity contribution in [2.45, 2.75) is 38.0 Å². The van der Waals surface area contributed by atoms with E-state index in [0.29, 0.717) is 21.4 Å². The van der Waals surface area contributed by atoms with Crippen LogP contribution in [0.4, 0.5) is 17.1 Å². The van der Waals surface area contributed by atoms with Crippen LogP contribution in [0.1, 0.15) is 32.3 Å². The van der Waals surface area contributed by atoms with Crippen molar-refractivity contribution < 1.29 is 49.0 Å². The number of rotatable bonds is 9. The number of carbonyl (C=O) groups excluding carboxylic acids is 2. The molecule has 260 valence electrons. The number of Topliss-reactive ketones (excluding diaryl/α,β-unsaturated/α-hetero) is 2. The quantitative estimate of drug-likeness (QED) is 0.110. The standard InChI is InChI=1S/C33H30N4O11S2/c1-3-32(4-2)34-21-9-5-7-17-19(11-13-23(35-32)25(17)21)27-29(38)28(31(40)30(27)39)20-12-14-24-26-18(20)8-6-10-22(26)36-33(37-24,15-47-49(41,42)43)16-48-50(44,45)46/h5-14,34,36-38H,3-4,15-16H2,1-2H3,(H,41,42,43)(H,44,45,46)/p-2. The SMILES string of the molecule is CCC1(CC)N=c2ccc(=C3C(=O)C(=O)C(c4ccc5c6c(cccc46)NC(COS(=O)(=O)[O-])(COS(=O)(=O)[O-])N5)=C3O)c3cccc(c23)N1. The van der Waals surface area contributed by atoms with Crippen LogP contribution in [0.2, 0.25) is 0 Å². The molecule has 0 unspecified atom stereocenters. The Morgan fingerprint density at radius 2 is 1.28 bits per heavy atom. The van der Waals surface area contributed by atoms with Crippen LogP contribution in [0.25, 0.3) is 32.7 Å². The first-order valence-electron chi connectivity index (χ1n) is 15.4. The Balaban J connectivity index is 1.39. The molecule has 0 spiro atoms. The van der Waals surface area contributed by atoms with E-state index >= 15 is 0 Å². The predicted molar refractivity (Wildman–Crippen MR) is 180 cm³/mol. The third kappa shape index (κ3) is 5.57. The smallest absolute Gasteiger partial charge is 0.238 e. The molecule has 50 heavy (non-hydrogen) atoms. The number of nitrogens with one attached hydrogen (secondary N) is 3. The molecule has 0 bridgehead atoms. The van der Waals surface area contributed by atoms with Crippen LogP contribution in [-0.2, 0) is 38.8 Å². The van der Waals surface area contributed by atoms with E-state index in [9.17, 15) is 40.6 Å². The van der Waals surface area contributed by atoms with E-state index in [1.54, 1.807) is 30.3 Å². The highest BCUT2D eigenvalue weighted by Gasteiger charge is 2.41. The van der Waals surface area contributed by atoms with Gasteiger partial charge in [-0.3, -0.25) is 22.9 Å². The molecule has 17 heteroatoms. The maximum atomic E-state index is 13.7. The molecule has 2 aliphatic heterocycles. The summed E-state index contributed by atoms with van der Waals surface area (Å²) in [5.41, 5.74) is -1.38. The third-order valence-electron chi connectivity index (χ3n) is 9.25. The van der Waals surface area contributed by atoms with Crippen molar-refractivity contribution in [2.75, 3.05) is 29.2 Å². The summed E-state index contributed by atoms with van der Waals surface area (Å²) in [5, 5.41) is 24.1. The van der Waals surface area contributed by atoms with Gasteiger partial charge in [-0.1, -0.05) is 50.2 Å². The highest BCUT2D eigenvalue weighted by molar-refractivity contribution is 7.81. The van der Waals surface area contributed by atoms with Crippen molar-refractivity contribution in [1.29, 1.82) is 0 Å². The Hall–Kier alpha value is -4.91. The number of carbonyl (C=O) groups is 2. The minimum atomic E-state index is -5.26. The van der Waals surface area contributed by atoms with E-state index in [1.165, 1.54) is 18.2 Å². The zero-order valence-corrected chi connectivity index (χ0v) is 28.0. The summed E-state index contributed by atoms with van der Waals surface area (Å²) >= 11 is 0. The second-order valence-electron chi connectivity index (χ2n) is 12.2. The summed E-state index contributed by atoms with van der Waals surface area (Å²) in [7, 11) is -10.5. The normalized spacial score (nSPS) is 18.9. The van der Waals surface area contributed by atoms with Gasteiger partial charge in [0.25, 0.3) is 0 Å². The maximum absolute atomic E-state index is 13.7. The molecule has 0 fully saturated rings. The first kappa shape index (κ1) is 33.6. The zero-order chi connectivity index (χ0) is 35.8. The molecule has 4 N–H and O–H groups in total. The summed E-state index contributed by atoms with van der Waals surface area (Å²) in [6.07, 6.45) is 1.48. The largest absolute Gasteiger partial charge is 0.726 e.